The Morgan fingerprint density at radius 1 is 1.60 bits per heavy atom. The molecule has 1 heterocycles. The van der Waals surface area contributed by atoms with Crippen LogP contribution in [0, 0.1) is 10.8 Å². The summed E-state index contributed by atoms with van der Waals surface area (Å²) in [5.74, 6) is -0.110. The van der Waals surface area contributed by atoms with Crippen LogP contribution in [0.2, 0.25) is 0 Å². The van der Waals surface area contributed by atoms with E-state index in [1.54, 1.807) is 24.5 Å². The minimum atomic E-state index is -0.227. The number of hydrogen-bond donors (Lipinski definition) is 4. The fraction of sp³-hybridized carbons (Fsp3) is 0.333. The van der Waals surface area contributed by atoms with Crippen molar-refractivity contribution in [1.82, 2.24) is 10.2 Å². The Balaban J connectivity index is 2.32. The van der Waals surface area contributed by atoms with E-state index in [-0.39, 0.29) is 11.9 Å². The zero-order chi connectivity index (χ0) is 11.3. The average Bonchev–Trinajstić information content (AvgIpc) is 2.65. The maximum Gasteiger partial charge on any atom is 0.197 e. The average molecular weight is 209 g/mol. The molecule has 0 aliphatic rings. The quantitative estimate of drug-likeness (QED) is 0.421. The molecule has 0 saturated carbocycles. The molecule has 0 saturated heterocycles. The molecule has 1 aromatic heterocycles. The summed E-state index contributed by atoms with van der Waals surface area (Å²) in [6.07, 6.45) is 4.08. The van der Waals surface area contributed by atoms with E-state index in [9.17, 15) is 0 Å². The molecule has 5 N–H and O–H groups in total. The topological polar surface area (TPSA) is 102 Å². The molecule has 1 aromatic rings. The van der Waals surface area contributed by atoms with Crippen LogP contribution in [0.3, 0.4) is 0 Å². The lowest BCUT2D eigenvalue weighted by molar-refractivity contribution is 0.489. The van der Waals surface area contributed by atoms with Crippen LogP contribution in [0.25, 0.3) is 0 Å². The first-order valence-electron chi connectivity index (χ1n) is 4.51. The summed E-state index contributed by atoms with van der Waals surface area (Å²) < 4.78 is 4.93. The van der Waals surface area contributed by atoms with Crippen molar-refractivity contribution in [3.63, 3.8) is 0 Å². The van der Waals surface area contributed by atoms with Crippen LogP contribution in [0.4, 0.5) is 0 Å². The van der Waals surface area contributed by atoms with Crippen LogP contribution >= 0.6 is 0 Å². The number of guanidine groups is 2. The van der Waals surface area contributed by atoms with Crippen molar-refractivity contribution >= 4 is 11.9 Å². The molecule has 6 heteroatoms. The van der Waals surface area contributed by atoms with Crippen molar-refractivity contribution in [3.8, 4) is 0 Å². The first-order chi connectivity index (χ1) is 7.09. The largest absolute Gasteiger partial charge is 0.472 e. The Labute approximate surface area is 88.1 Å². The van der Waals surface area contributed by atoms with Crippen molar-refractivity contribution in [3.05, 3.63) is 24.2 Å². The number of furan rings is 1. The van der Waals surface area contributed by atoms with Crippen molar-refractivity contribution < 1.29 is 4.42 Å². The predicted octanol–water partition coefficient (Wildman–Crippen LogP) is 0.172. The van der Waals surface area contributed by atoms with E-state index < -0.39 is 0 Å². The lowest BCUT2D eigenvalue weighted by Crippen LogP contribution is -2.44. The summed E-state index contributed by atoms with van der Waals surface area (Å²) in [5, 5.41) is 16.9. The van der Waals surface area contributed by atoms with Gasteiger partial charge in [0.1, 0.15) is 0 Å². The summed E-state index contributed by atoms with van der Waals surface area (Å²) >= 11 is 0. The minimum absolute atomic E-state index is 0.117. The molecule has 0 bridgehead atoms. The van der Waals surface area contributed by atoms with E-state index in [1.165, 1.54) is 0 Å². The lowest BCUT2D eigenvalue weighted by atomic mass is 10.2. The van der Waals surface area contributed by atoms with Gasteiger partial charge in [0.25, 0.3) is 0 Å². The molecule has 0 aliphatic carbocycles. The first-order valence-corrected chi connectivity index (χ1v) is 4.51. The fourth-order valence-corrected chi connectivity index (χ4v) is 1.07. The number of hydrogen-bond acceptors (Lipinski definition) is 3. The number of nitrogens with zero attached hydrogens (tertiary/aromatic N) is 1. The summed E-state index contributed by atoms with van der Waals surface area (Å²) in [6.45, 7) is 0.665. The van der Waals surface area contributed by atoms with Gasteiger partial charge in [0.15, 0.2) is 11.9 Å². The van der Waals surface area contributed by atoms with Gasteiger partial charge in [0.05, 0.1) is 12.5 Å². The highest BCUT2D eigenvalue weighted by Gasteiger charge is 2.05. The Morgan fingerprint density at radius 2 is 2.33 bits per heavy atom. The van der Waals surface area contributed by atoms with Gasteiger partial charge in [-0.15, -0.1) is 0 Å². The van der Waals surface area contributed by atoms with Gasteiger partial charge >= 0.3 is 0 Å². The fourth-order valence-electron chi connectivity index (χ4n) is 1.07. The summed E-state index contributed by atoms with van der Waals surface area (Å²) in [5.41, 5.74) is 6.19. The molecular weight excluding hydrogens is 194 g/mol. The highest BCUT2D eigenvalue weighted by Crippen LogP contribution is 2.01. The molecular formula is C9H15N5O. The van der Waals surface area contributed by atoms with Crippen molar-refractivity contribution in [2.75, 3.05) is 13.6 Å². The number of rotatable bonds is 3. The van der Waals surface area contributed by atoms with Crippen LogP contribution in [0.1, 0.15) is 5.56 Å². The SMILES string of the molecule is CN(CCc1ccoc1)C(=N)NC(=N)N. The summed E-state index contributed by atoms with van der Waals surface area (Å²) in [7, 11) is 1.76. The van der Waals surface area contributed by atoms with E-state index in [2.05, 4.69) is 5.32 Å². The molecule has 0 atom stereocenters. The minimum Gasteiger partial charge on any atom is -0.472 e. The van der Waals surface area contributed by atoms with E-state index >= 15 is 0 Å². The second-order valence-corrected chi connectivity index (χ2v) is 3.19. The zero-order valence-corrected chi connectivity index (χ0v) is 8.58. The standard InChI is InChI=1S/C9H15N5O/c1-14(9(12)13-8(10)11)4-2-7-3-5-15-6-7/h3,5-6H,2,4H2,1H3,(H5,10,11,12,13). The van der Waals surface area contributed by atoms with Gasteiger partial charge in [-0.2, -0.15) is 0 Å². The van der Waals surface area contributed by atoms with E-state index in [1.807, 2.05) is 6.07 Å². The van der Waals surface area contributed by atoms with E-state index in [0.29, 0.717) is 6.54 Å². The molecule has 6 nitrogen and oxygen atoms in total. The van der Waals surface area contributed by atoms with Gasteiger partial charge in [-0.3, -0.25) is 16.1 Å². The maximum absolute atomic E-state index is 7.52. The Morgan fingerprint density at radius 3 is 2.87 bits per heavy atom. The third-order valence-electron chi connectivity index (χ3n) is 1.95. The highest BCUT2D eigenvalue weighted by atomic mass is 16.3. The van der Waals surface area contributed by atoms with Gasteiger partial charge in [-0.25, -0.2) is 0 Å². The Bertz CT molecular complexity index is 332. The molecule has 1 rings (SSSR count). The maximum atomic E-state index is 7.52. The number of nitrogens with two attached hydrogens (primary N) is 1. The lowest BCUT2D eigenvalue weighted by Gasteiger charge is -2.19. The van der Waals surface area contributed by atoms with Gasteiger partial charge in [-0.1, -0.05) is 0 Å². The predicted molar refractivity (Wildman–Crippen MR) is 57.8 cm³/mol. The summed E-state index contributed by atoms with van der Waals surface area (Å²) in [4.78, 5) is 1.68. The molecule has 0 spiro atoms. The third-order valence-corrected chi connectivity index (χ3v) is 1.95. The van der Waals surface area contributed by atoms with Crippen molar-refractivity contribution in [2.24, 2.45) is 5.73 Å². The zero-order valence-electron chi connectivity index (χ0n) is 8.58. The first kappa shape index (κ1) is 11.1. The van der Waals surface area contributed by atoms with Gasteiger partial charge in [0, 0.05) is 13.6 Å². The molecule has 0 radical (unpaired) electrons. The number of likely N-dealkylation sites (N-methyl/N-ethyl adjacent to an activating group) is 1. The second-order valence-electron chi connectivity index (χ2n) is 3.19. The molecule has 0 unspecified atom stereocenters. The van der Waals surface area contributed by atoms with Crippen LogP contribution in [-0.2, 0) is 6.42 Å². The summed E-state index contributed by atoms with van der Waals surface area (Å²) in [6, 6.07) is 1.88. The van der Waals surface area contributed by atoms with Crippen molar-refractivity contribution in [2.45, 2.75) is 6.42 Å². The van der Waals surface area contributed by atoms with E-state index in [4.69, 9.17) is 21.0 Å². The van der Waals surface area contributed by atoms with Crippen molar-refractivity contribution in [1.29, 1.82) is 10.8 Å². The second kappa shape index (κ2) is 5.04. The molecule has 0 aliphatic heterocycles. The third kappa shape index (κ3) is 3.72. The molecule has 15 heavy (non-hydrogen) atoms. The highest BCUT2D eigenvalue weighted by molar-refractivity contribution is 5.94. The van der Waals surface area contributed by atoms with Crippen LogP contribution < -0.4 is 11.1 Å². The normalized spacial score (nSPS) is 9.67. The Kier molecular flexibility index (Phi) is 3.73. The number of nitrogens with one attached hydrogen (secondary N) is 3. The van der Waals surface area contributed by atoms with Gasteiger partial charge in [0.2, 0.25) is 0 Å². The molecule has 82 valence electrons. The van der Waals surface area contributed by atoms with Crippen LogP contribution in [0.5, 0.6) is 0 Å². The van der Waals surface area contributed by atoms with Gasteiger partial charge < -0.3 is 15.1 Å². The van der Waals surface area contributed by atoms with Crippen LogP contribution in [0.15, 0.2) is 23.0 Å². The van der Waals surface area contributed by atoms with E-state index in [0.717, 1.165) is 12.0 Å². The Hall–Kier alpha value is -1.98. The molecule has 0 aromatic carbocycles. The molecule has 0 fully saturated rings. The van der Waals surface area contributed by atoms with Crippen LogP contribution in [-0.4, -0.2) is 30.4 Å². The van der Waals surface area contributed by atoms with Gasteiger partial charge in [-0.05, 0) is 18.1 Å². The monoisotopic (exact) mass is 209 g/mol. The smallest absolute Gasteiger partial charge is 0.197 e. The molecule has 0 amide bonds.